The third-order valence-electron chi connectivity index (χ3n) is 3.42. The van der Waals surface area contributed by atoms with Gasteiger partial charge in [-0.15, -0.1) is 0 Å². The summed E-state index contributed by atoms with van der Waals surface area (Å²) >= 11 is 0. The summed E-state index contributed by atoms with van der Waals surface area (Å²) in [5, 5.41) is 21.2. The molecule has 0 aromatic rings. The zero-order chi connectivity index (χ0) is 16.2. The molecule has 1 fully saturated rings. The summed E-state index contributed by atoms with van der Waals surface area (Å²) < 4.78 is 0. The molecule has 0 saturated carbocycles. The Morgan fingerprint density at radius 1 is 1.29 bits per heavy atom. The van der Waals surface area contributed by atoms with Gasteiger partial charge >= 0.3 is 5.97 Å². The summed E-state index contributed by atoms with van der Waals surface area (Å²) in [6, 6.07) is -0.948. The maximum Gasteiger partial charge on any atom is 0.326 e. The minimum absolute atomic E-state index is 0.0597. The Morgan fingerprint density at radius 2 is 1.90 bits per heavy atom. The average molecular weight is 300 g/mol. The van der Waals surface area contributed by atoms with Gasteiger partial charge in [0.25, 0.3) is 0 Å². The monoisotopic (exact) mass is 300 g/mol. The number of carbonyl (C=O) groups excluding carboxylic acids is 2. The lowest BCUT2D eigenvalue weighted by Crippen LogP contribution is -2.41. The third-order valence-corrected chi connectivity index (χ3v) is 3.42. The van der Waals surface area contributed by atoms with Crippen molar-refractivity contribution in [3.8, 4) is 0 Å². The summed E-state index contributed by atoms with van der Waals surface area (Å²) in [5.74, 6) is -1.49. The SMILES string of the molecule is CC(C)(C)C(=O)NCCCC(=O)N1C[C@@H](O)C[C@H]1C(=O)O. The topological polar surface area (TPSA) is 107 Å². The van der Waals surface area contributed by atoms with Gasteiger partial charge in [0, 0.05) is 31.3 Å². The number of aliphatic carboxylic acids is 1. The minimum Gasteiger partial charge on any atom is -0.480 e. The Bertz CT molecular complexity index is 416. The molecule has 0 bridgehead atoms. The third kappa shape index (κ3) is 5.00. The highest BCUT2D eigenvalue weighted by molar-refractivity contribution is 5.84. The van der Waals surface area contributed by atoms with Gasteiger partial charge in [-0.3, -0.25) is 9.59 Å². The van der Waals surface area contributed by atoms with E-state index in [4.69, 9.17) is 5.11 Å². The Kier molecular flexibility index (Phi) is 5.71. The molecule has 0 spiro atoms. The van der Waals surface area contributed by atoms with Crippen molar-refractivity contribution < 1.29 is 24.6 Å². The second-order valence-electron chi connectivity index (χ2n) is 6.40. The maximum absolute atomic E-state index is 12.0. The summed E-state index contributed by atoms with van der Waals surface area (Å²) in [5.41, 5.74) is -0.475. The fraction of sp³-hybridized carbons (Fsp3) is 0.786. The summed E-state index contributed by atoms with van der Waals surface area (Å²) in [6.07, 6.45) is -0.113. The Hall–Kier alpha value is -1.63. The number of β-amino-alcohol motifs (C(OH)–C–C–N with tert-alkyl or cyclic N) is 1. The molecule has 1 aliphatic heterocycles. The molecule has 1 heterocycles. The van der Waals surface area contributed by atoms with Gasteiger partial charge < -0.3 is 20.4 Å². The number of aliphatic hydroxyl groups excluding tert-OH is 1. The fourth-order valence-corrected chi connectivity index (χ4v) is 2.17. The van der Waals surface area contributed by atoms with Crippen molar-refractivity contribution in [2.24, 2.45) is 5.41 Å². The van der Waals surface area contributed by atoms with Crippen molar-refractivity contribution in [1.82, 2.24) is 10.2 Å². The van der Waals surface area contributed by atoms with E-state index in [-0.39, 0.29) is 31.2 Å². The van der Waals surface area contributed by atoms with Crippen molar-refractivity contribution in [3.63, 3.8) is 0 Å². The lowest BCUT2D eigenvalue weighted by atomic mass is 9.96. The van der Waals surface area contributed by atoms with Crippen molar-refractivity contribution in [2.75, 3.05) is 13.1 Å². The number of likely N-dealkylation sites (tertiary alicyclic amines) is 1. The van der Waals surface area contributed by atoms with Crippen LogP contribution < -0.4 is 5.32 Å². The molecule has 0 aromatic carbocycles. The van der Waals surface area contributed by atoms with Crippen LogP contribution in [0.2, 0.25) is 0 Å². The van der Waals surface area contributed by atoms with E-state index >= 15 is 0 Å². The number of carboxylic acids is 1. The summed E-state index contributed by atoms with van der Waals surface area (Å²) in [4.78, 5) is 35.9. The van der Waals surface area contributed by atoms with Crippen LogP contribution in [0.1, 0.15) is 40.0 Å². The van der Waals surface area contributed by atoms with Crippen LogP contribution in [-0.4, -0.2) is 58.1 Å². The zero-order valence-electron chi connectivity index (χ0n) is 12.8. The van der Waals surface area contributed by atoms with E-state index in [2.05, 4.69) is 5.32 Å². The van der Waals surface area contributed by atoms with Gasteiger partial charge in [0.15, 0.2) is 0 Å². The standard InChI is InChI=1S/C14H24N2O5/c1-14(2,3)13(21)15-6-4-5-11(18)16-8-9(17)7-10(16)12(19)20/h9-10,17H,4-8H2,1-3H3,(H,15,21)(H,19,20)/t9-,10-/m0/s1. The first-order valence-electron chi connectivity index (χ1n) is 7.11. The summed E-state index contributed by atoms with van der Waals surface area (Å²) in [6.45, 7) is 5.84. The van der Waals surface area contributed by atoms with Crippen LogP contribution in [0.15, 0.2) is 0 Å². The molecule has 2 atom stereocenters. The Balaban J connectivity index is 2.37. The van der Waals surface area contributed by atoms with E-state index in [1.165, 1.54) is 4.90 Å². The predicted octanol–water partition coefficient (Wildman–Crippen LogP) is -0.0247. The average Bonchev–Trinajstić information content (AvgIpc) is 2.75. The molecule has 0 unspecified atom stereocenters. The van der Waals surface area contributed by atoms with Gasteiger partial charge in [-0.05, 0) is 6.42 Å². The molecule has 7 heteroatoms. The molecule has 1 rings (SSSR count). The highest BCUT2D eigenvalue weighted by Gasteiger charge is 2.38. The van der Waals surface area contributed by atoms with Crippen LogP contribution >= 0.6 is 0 Å². The second-order valence-corrected chi connectivity index (χ2v) is 6.40. The molecule has 21 heavy (non-hydrogen) atoms. The highest BCUT2D eigenvalue weighted by atomic mass is 16.4. The molecule has 0 radical (unpaired) electrons. The number of nitrogens with zero attached hydrogens (tertiary/aromatic N) is 1. The largest absolute Gasteiger partial charge is 0.480 e. The van der Waals surface area contributed by atoms with E-state index in [9.17, 15) is 19.5 Å². The smallest absolute Gasteiger partial charge is 0.326 e. The normalized spacial score (nSPS) is 22.2. The molecule has 7 nitrogen and oxygen atoms in total. The van der Waals surface area contributed by atoms with Crippen LogP contribution in [-0.2, 0) is 14.4 Å². The number of carbonyl (C=O) groups is 3. The lowest BCUT2D eigenvalue weighted by molar-refractivity contribution is -0.148. The molecule has 1 aliphatic rings. The molecule has 0 aliphatic carbocycles. The van der Waals surface area contributed by atoms with E-state index in [0.29, 0.717) is 13.0 Å². The molecule has 120 valence electrons. The van der Waals surface area contributed by atoms with Gasteiger partial charge in [0.05, 0.1) is 6.10 Å². The molecular weight excluding hydrogens is 276 g/mol. The van der Waals surface area contributed by atoms with Gasteiger partial charge in [-0.1, -0.05) is 20.8 Å². The van der Waals surface area contributed by atoms with Gasteiger partial charge in [0.1, 0.15) is 6.04 Å². The van der Waals surface area contributed by atoms with Gasteiger partial charge in [0.2, 0.25) is 11.8 Å². The Morgan fingerprint density at radius 3 is 2.43 bits per heavy atom. The van der Waals surface area contributed by atoms with Crippen molar-refractivity contribution in [2.45, 2.75) is 52.2 Å². The van der Waals surface area contributed by atoms with E-state index in [1.807, 2.05) is 0 Å². The van der Waals surface area contributed by atoms with Crippen molar-refractivity contribution >= 4 is 17.8 Å². The first-order valence-corrected chi connectivity index (χ1v) is 7.11. The fourth-order valence-electron chi connectivity index (χ4n) is 2.17. The number of aliphatic hydroxyl groups is 1. The van der Waals surface area contributed by atoms with Crippen LogP contribution in [0.4, 0.5) is 0 Å². The predicted molar refractivity (Wildman–Crippen MR) is 75.5 cm³/mol. The quantitative estimate of drug-likeness (QED) is 0.618. The van der Waals surface area contributed by atoms with Crippen LogP contribution in [0, 0.1) is 5.41 Å². The number of nitrogens with one attached hydrogen (secondary N) is 1. The Labute approximate surface area is 124 Å². The van der Waals surface area contributed by atoms with Crippen LogP contribution in [0.25, 0.3) is 0 Å². The first-order chi connectivity index (χ1) is 9.62. The first kappa shape index (κ1) is 17.4. The number of hydrogen-bond acceptors (Lipinski definition) is 4. The number of hydrogen-bond donors (Lipinski definition) is 3. The molecule has 0 aromatic heterocycles. The van der Waals surface area contributed by atoms with Crippen molar-refractivity contribution in [3.05, 3.63) is 0 Å². The molecular formula is C14H24N2O5. The molecule has 1 saturated heterocycles. The number of rotatable bonds is 5. The minimum atomic E-state index is -1.10. The highest BCUT2D eigenvalue weighted by Crippen LogP contribution is 2.19. The number of carboxylic acid groups (broad SMARTS) is 1. The van der Waals surface area contributed by atoms with Gasteiger partial charge in [-0.2, -0.15) is 0 Å². The maximum atomic E-state index is 12.0. The zero-order valence-corrected chi connectivity index (χ0v) is 12.8. The molecule has 3 N–H and O–H groups in total. The summed E-state index contributed by atoms with van der Waals surface area (Å²) in [7, 11) is 0. The molecule has 2 amide bonds. The van der Waals surface area contributed by atoms with E-state index in [0.717, 1.165) is 0 Å². The lowest BCUT2D eigenvalue weighted by Gasteiger charge is -2.21. The van der Waals surface area contributed by atoms with Gasteiger partial charge in [-0.25, -0.2) is 4.79 Å². The number of amides is 2. The van der Waals surface area contributed by atoms with E-state index in [1.54, 1.807) is 20.8 Å². The van der Waals surface area contributed by atoms with Crippen LogP contribution in [0.3, 0.4) is 0 Å². The van der Waals surface area contributed by atoms with E-state index < -0.39 is 23.5 Å². The second kappa shape index (κ2) is 6.89. The van der Waals surface area contributed by atoms with Crippen molar-refractivity contribution in [1.29, 1.82) is 0 Å². The van der Waals surface area contributed by atoms with Crippen LogP contribution in [0.5, 0.6) is 0 Å².